The van der Waals surface area contributed by atoms with Crippen molar-refractivity contribution in [3.63, 3.8) is 0 Å². The molecular weight excluding hydrogens is 476 g/mol. The standard InChI is InChI=1S/C24H21ClN4O4S/c1-28(14-16-11-17(29(32)33)8-9-19(16)25)24(31)21(27-23(30)22-7-4-10-34-22)12-15-13-26-20-6-3-2-5-18(15)20/h2-11,13,21,26H,12,14H2,1H3,(H,27,30). The summed E-state index contributed by atoms with van der Waals surface area (Å²) >= 11 is 7.52. The van der Waals surface area contributed by atoms with E-state index in [1.165, 1.54) is 34.4 Å². The van der Waals surface area contributed by atoms with E-state index in [0.29, 0.717) is 15.5 Å². The summed E-state index contributed by atoms with van der Waals surface area (Å²) in [6, 6.07) is 14.4. The predicted molar refractivity (Wildman–Crippen MR) is 132 cm³/mol. The number of likely N-dealkylation sites (N-methyl/N-ethyl adjacent to an activating group) is 1. The molecular formula is C24H21ClN4O4S. The van der Waals surface area contributed by atoms with Crippen molar-refractivity contribution in [3.05, 3.63) is 97.3 Å². The Morgan fingerprint density at radius 3 is 2.71 bits per heavy atom. The van der Waals surface area contributed by atoms with Gasteiger partial charge in [-0.05, 0) is 34.7 Å². The van der Waals surface area contributed by atoms with Crippen LogP contribution in [0.25, 0.3) is 10.9 Å². The highest BCUT2D eigenvalue weighted by Gasteiger charge is 2.27. The second-order valence-electron chi connectivity index (χ2n) is 7.79. The third-order valence-corrected chi connectivity index (χ3v) is 6.71. The van der Waals surface area contributed by atoms with Crippen LogP contribution < -0.4 is 5.32 Å². The second kappa shape index (κ2) is 10.1. The third-order valence-electron chi connectivity index (χ3n) is 5.47. The van der Waals surface area contributed by atoms with Gasteiger partial charge in [-0.2, -0.15) is 0 Å². The van der Waals surface area contributed by atoms with Gasteiger partial charge in [0.25, 0.3) is 11.6 Å². The number of carbonyl (C=O) groups excluding carboxylic acids is 2. The molecule has 0 saturated heterocycles. The van der Waals surface area contributed by atoms with E-state index in [1.54, 1.807) is 24.6 Å². The lowest BCUT2D eigenvalue weighted by Crippen LogP contribution is -2.48. The first kappa shape index (κ1) is 23.5. The lowest BCUT2D eigenvalue weighted by atomic mass is 10.0. The smallest absolute Gasteiger partial charge is 0.269 e. The molecule has 0 fully saturated rings. The number of halogens is 1. The molecule has 2 amide bonds. The molecule has 4 rings (SSSR count). The van der Waals surface area contributed by atoms with Gasteiger partial charge in [-0.3, -0.25) is 19.7 Å². The highest BCUT2D eigenvalue weighted by molar-refractivity contribution is 7.12. The number of nitro groups is 1. The van der Waals surface area contributed by atoms with Gasteiger partial charge < -0.3 is 15.2 Å². The highest BCUT2D eigenvalue weighted by atomic mass is 35.5. The summed E-state index contributed by atoms with van der Waals surface area (Å²) in [5.41, 5.74) is 2.16. The zero-order valence-corrected chi connectivity index (χ0v) is 19.7. The molecule has 0 aliphatic carbocycles. The number of nitrogens with zero attached hydrogens (tertiary/aromatic N) is 2. The summed E-state index contributed by atoms with van der Waals surface area (Å²) in [4.78, 5) is 42.0. The van der Waals surface area contributed by atoms with Crippen LogP contribution in [-0.2, 0) is 17.8 Å². The molecule has 174 valence electrons. The van der Waals surface area contributed by atoms with Gasteiger partial charge in [-0.15, -0.1) is 11.3 Å². The van der Waals surface area contributed by atoms with Crippen LogP contribution in [0.4, 0.5) is 5.69 Å². The molecule has 0 spiro atoms. The van der Waals surface area contributed by atoms with Gasteiger partial charge in [0, 0.05) is 54.3 Å². The van der Waals surface area contributed by atoms with E-state index in [4.69, 9.17) is 11.6 Å². The number of non-ortho nitro benzene ring substituents is 1. The van der Waals surface area contributed by atoms with Crippen molar-refractivity contribution in [2.45, 2.75) is 19.0 Å². The van der Waals surface area contributed by atoms with Crippen molar-refractivity contribution in [2.75, 3.05) is 7.05 Å². The SMILES string of the molecule is CN(Cc1cc([N+](=O)[O-])ccc1Cl)C(=O)C(Cc1c[nH]c2ccccc12)NC(=O)c1cccs1. The molecule has 1 atom stereocenters. The monoisotopic (exact) mass is 496 g/mol. The number of rotatable bonds is 8. The van der Waals surface area contributed by atoms with Crippen LogP contribution in [0.15, 0.2) is 66.2 Å². The quantitative estimate of drug-likeness (QED) is 0.270. The Bertz CT molecular complexity index is 1350. The fourth-order valence-electron chi connectivity index (χ4n) is 3.75. The van der Waals surface area contributed by atoms with Gasteiger partial charge in [0.2, 0.25) is 5.91 Å². The fourth-order valence-corrected chi connectivity index (χ4v) is 4.56. The fraction of sp³-hybridized carbons (Fsp3) is 0.167. The molecule has 0 saturated carbocycles. The van der Waals surface area contributed by atoms with Crippen LogP contribution in [0.5, 0.6) is 0 Å². The maximum absolute atomic E-state index is 13.5. The largest absolute Gasteiger partial charge is 0.361 e. The van der Waals surface area contributed by atoms with E-state index in [9.17, 15) is 19.7 Å². The number of H-pyrrole nitrogens is 1. The number of fused-ring (bicyclic) bond motifs is 1. The lowest BCUT2D eigenvalue weighted by molar-refractivity contribution is -0.384. The van der Waals surface area contributed by atoms with Gasteiger partial charge >= 0.3 is 0 Å². The van der Waals surface area contributed by atoms with Crippen LogP contribution in [0.3, 0.4) is 0 Å². The number of thiophene rings is 1. The van der Waals surface area contributed by atoms with Gasteiger partial charge in [0.15, 0.2) is 0 Å². The number of nitro benzene ring substituents is 1. The Kier molecular flexibility index (Phi) is 6.95. The number of aromatic nitrogens is 1. The zero-order chi connectivity index (χ0) is 24.2. The number of hydrogen-bond donors (Lipinski definition) is 2. The van der Waals surface area contributed by atoms with Gasteiger partial charge in [-0.1, -0.05) is 35.9 Å². The van der Waals surface area contributed by atoms with Crippen LogP contribution >= 0.6 is 22.9 Å². The summed E-state index contributed by atoms with van der Waals surface area (Å²) in [5, 5.41) is 17.1. The maximum atomic E-state index is 13.5. The summed E-state index contributed by atoms with van der Waals surface area (Å²) in [6.07, 6.45) is 2.10. The average Bonchev–Trinajstić information content (AvgIpc) is 3.50. The molecule has 2 N–H and O–H groups in total. The van der Waals surface area contributed by atoms with Crippen molar-refractivity contribution in [3.8, 4) is 0 Å². The Labute approximate surface area is 204 Å². The lowest BCUT2D eigenvalue weighted by Gasteiger charge is -2.25. The van der Waals surface area contributed by atoms with Crippen LogP contribution in [0.1, 0.15) is 20.8 Å². The van der Waals surface area contributed by atoms with Gasteiger partial charge in [0.05, 0.1) is 9.80 Å². The minimum absolute atomic E-state index is 0.0542. The Morgan fingerprint density at radius 1 is 1.18 bits per heavy atom. The summed E-state index contributed by atoms with van der Waals surface area (Å²) < 4.78 is 0. The molecule has 2 aromatic carbocycles. The maximum Gasteiger partial charge on any atom is 0.269 e. The molecule has 4 aromatic rings. The number of nitrogens with one attached hydrogen (secondary N) is 2. The van der Waals surface area contributed by atoms with Gasteiger partial charge in [-0.25, -0.2) is 0 Å². The van der Waals surface area contributed by atoms with Crippen LogP contribution in [-0.4, -0.2) is 39.7 Å². The first-order valence-electron chi connectivity index (χ1n) is 10.4. The van der Waals surface area contributed by atoms with E-state index in [2.05, 4.69) is 10.3 Å². The second-order valence-corrected chi connectivity index (χ2v) is 9.15. The highest BCUT2D eigenvalue weighted by Crippen LogP contribution is 2.24. The topological polar surface area (TPSA) is 108 Å². The first-order valence-corrected chi connectivity index (χ1v) is 11.7. The van der Waals surface area contributed by atoms with E-state index >= 15 is 0 Å². The minimum Gasteiger partial charge on any atom is -0.361 e. The number of hydrogen-bond acceptors (Lipinski definition) is 5. The number of para-hydroxylation sites is 1. The van der Waals surface area contributed by atoms with Crippen molar-refractivity contribution >= 4 is 51.3 Å². The average molecular weight is 497 g/mol. The summed E-state index contributed by atoms with van der Waals surface area (Å²) in [7, 11) is 1.58. The van der Waals surface area contributed by atoms with E-state index in [0.717, 1.165) is 16.5 Å². The van der Waals surface area contributed by atoms with E-state index in [-0.39, 0.29) is 30.5 Å². The van der Waals surface area contributed by atoms with Crippen molar-refractivity contribution in [2.24, 2.45) is 0 Å². The van der Waals surface area contributed by atoms with Crippen LogP contribution in [0.2, 0.25) is 5.02 Å². The van der Waals surface area contributed by atoms with E-state index < -0.39 is 11.0 Å². The molecule has 34 heavy (non-hydrogen) atoms. The molecule has 2 aromatic heterocycles. The zero-order valence-electron chi connectivity index (χ0n) is 18.2. The van der Waals surface area contributed by atoms with Crippen molar-refractivity contribution < 1.29 is 14.5 Å². The van der Waals surface area contributed by atoms with Crippen LogP contribution in [0, 0.1) is 10.1 Å². The number of carbonyl (C=O) groups is 2. The first-order chi connectivity index (χ1) is 16.3. The molecule has 10 heteroatoms. The molecule has 0 aliphatic rings. The van der Waals surface area contributed by atoms with Gasteiger partial charge in [0.1, 0.15) is 6.04 Å². The third kappa shape index (κ3) is 5.11. The van der Waals surface area contributed by atoms with Crippen molar-refractivity contribution in [1.29, 1.82) is 0 Å². The number of benzene rings is 2. The minimum atomic E-state index is -0.851. The Balaban J connectivity index is 1.59. The normalized spacial score (nSPS) is 11.8. The molecule has 1 unspecified atom stereocenters. The molecule has 0 aliphatic heterocycles. The van der Waals surface area contributed by atoms with E-state index in [1.807, 2.05) is 30.5 Å². The molecule has 0 bridgehead atoms. The Hall–Kier alpha value is -3.69. The molecule has 0 radical (unpaired) electrons. The summed E-state index contributed by atoms with van der Waals surface area (Å²) in [6.45, 7) is 0.0542. The molecule has 2 heterocycles. The molecule has 8 nitrogen and oxygen atoms in total. The number of aromatic amines is 1. The van der Waals surface area contributed by atoms with Crippen molar-refractivity contribution in [1.82, 2.24) is 15.2 Å². The summed E-state index contributed by atoms with van der Waals surface area (Å²) in [5.74, 6) is -0.673. The Morgan fingerprint density at radius 2 is 1.97 bits per heavy atom. The number of amides is 2. The predicted octanol–water partition coefficient (Wildman–Crippen LogP) is 4.79.